The summed E-state index contributed by atoms with van der Waals surface area (Å²) in [4.78, 5) is 13.5. The van der Waals surface area contributed by atoms with Crippen LogP contribution in [0.4, 0.5) is 0 Å². The second-order valence-corrected chi connectivity index (χ2v) is 4.08. The Hall–Kier alpha value is -1.33. The summed E-state index contributed by atoms with van der Waals surface area (Å²) in [5, 5.41) is 0. The monoisotopic (exact) mass is 225 g/mol. The number of furan rings is 1. The van der Waals surface area contributed by atoms with Crippen LogP contribution >= 0.6 is 0 Å². The Labute approximate surface area is 95.6 Å². The van der Waals surface area contributed by atoms with Crippen molar-refractivity contribution in [3.05, 3.63) is 24.2 Å². The maximum atomic E-state index is 11.4. The Bertz CT molecular complexity index is 324. The van der Waals surface area contributed by atoms with Gasteiger partial charge in [-0.2, -0.15) is 0 Å². The van der Waals surface area contributed by atoms with E-state index in [0.29, 0.717) is 0 Å². The van der Waals surface area contributed by atoms with E-state index < -0.39 is 0 Å². The minimum Gasteiger partial charge on any atom is -0.472 e. The summed E-state index contributed by atoms with van der Waals surface area (Å²) in [5.74, 6) is 4.82. The molecule has 2 unspecified atom stereocenters. The molecule has 0 aliphatic heterocycles. The molecule has 16 heavy (non-hydrogen) atoms. The fraction of sp³-hybridized carbons (Fsp3) is 0.545. The van der Waals surface area contributed by atoms with Crippen LogP contribution in [-0.4, -0.2) is 23.9 Å². The highest BCUT2D eigenvalue weighted by molar-refractivity contribution is 5.78. The number of amides is 1. The molecule has 5 nitrogen and oxygen atoms in total. The maximum absolute atomic E-state index is 11.4. The van der Waals surface area contributed by atoms with Crippen LogP contribution in [0.25, 0.3) is 0 Å². The van der Waals surface area contributed by atoms with Gasteiger partial charge in [0.25, 0.3) is 0 Å². The summed E-state index contributed by atoms with van der Waals surface area (Å²) in [6.07, 6.45) is 3.35. The predicted octanol–water partition coefficient (Wildman–Crippen LogP) is 0.726. The van der Waals surface area contributed by atoms with Crippen molar-refractivity contribution in [3.8, 4) is 0 Å². The third-order valence-corrected chi connectivity index (χ3v) is 2.99. The first-order chi connectivity index (χ1) is 7.56. The second-order valence-electron chi connectivity index (χ2n) is 4.08. The van der Waals surface area contributed by atoms with Gasteiger partial charge in [-0.15, -0.1) is 0 Å². The van der Waals surface area contributed by atoms with Gasteiger partial charge in [0.1, 0.15) is 0 Å². The number of hydrazine groups is 1. The van der Waals surface area contributed by atoms with Gasteiger partial charge in [0.2, 0.25) is 5.91 Å². The van der Waals surface area contributed by atoms with Crippen molar-refractivity contribution in [1.82, 2.24) is 10.3 Å². The highest BCUT2D eigenvalue weighted by atomic mass is 16.3. The van der Waals surface area contributed by atoms with Crippen molar-refractivity contribution in [3.63, 3.8) is 0 Å². The normalized spacial score (nSPS) is 14.8. The van der Waals surface area contributed by atoms with Gasteiger partial charge in [-0.1, -0.05) is 6.92 Å². The Morgan fingerprint density at radius 3 is 2.81 bits per heavy atom. The molecule has 0 fully saturated rings. The number of nitrogens with zero attached hydrogens (tertiary/aromatic N) is 1. The molecule has 0 spiro atoms. The molecule has 0 aliphatic carbocycles. The lowest BCUT2D eigenvalue weighted by molar-refractivity contribution is -0.126. The highest BCUT2D eigenvalue weighted by Crippen LogP contribution is 2.13. The summed E-state index contributed by atoms with van der Waals surface area (Å²) in [5.41, 5.74) is 3.27. The molecule has 0 saturated carbocycles. The quantitative estimate of drug-likeness (QED) is 0.440. The first kappa shape index (κ1) is 12.7. The molecular formula is C11H19N3O2. The predicted molar refractivity (Wildman–Crippen MR) is 61.1 cm³/mol. The first-order valence-electron chi connectivity index (χ1n) is 5.28. The zero-order chi connectivity index (χ0) is 12.1. The smallest absolute Gasteiger partial charge is 0.238 e. The van der Waals surface area contributed by atoms with Crippen molar-refractivity contribution in [2.75, 3.05) is 7.05 Å². The van der Waals surface area contributed by atoms with Gasteiger partial charge in [0.15, 0.2) is 0 Å². The number of rotatable bonds is 5. The van der Waals surface area contributed by atoms with Gasteiger partial charge in [-0.25, -0.2) is 5.84 Å². The molecule has 5 heteroatoms. The molecule has 3 N–H and O–H groups in total. The van der Waals surface area contributed by atoms with Crippen molar-refractivity contribution in [1.29, 1.82) is 0 Å². The van der Waals surface area contributed by atoms with Gasteiger partial charge in [-0.3, -0.25) is 15.1 Å². The molecule has 1 amide bonds. The minimum atomic E-state index is -0.151. The van der Waals surface area contributed by atoms with Crippen LogP contribution in [-0.2, 0) is 11.3 Å². The summed E-state index contributed by atoms with van der Waals surface area (Å²) in [6.45, 7) is 4.61. The van der Waals surface area contributed by atoms with E-state index in [4.69, 9.17) is 10.3 Å². The molecule has 1 aromatic rings. The van der Waals surface area contributed by atoms with Crippen LogP contribution < -0.4 is 11.3 Å². The Morgan fingerprint density at radius 1 is 1.62 bits per heavy atom. The van der Waals surface area contributed by atoms with E-state index in [0.717, 1.165) is 12.1 Å². The highest BCUT2D eigenvalue weighted by Gasteiger charge is 2.22. The van der Waals surface area contributed by atoms with Crippen molar-refractivity contribution < 1.29 is 9.21 Å². The molecule has 0 radical (unpaired) electrons. The van der Waals surface area contributed by atoms with E-state index in [-0.39, 0.29) is 17.9 Å². The minimum absolute atomic E-state index is 0.110. The van der Waals surface area contributed by atoms with Gasteiger partial charge in [-0.05, 0) is 20.0 Å². The third-order valence-electron chi connectivity index (χ3n) is 2.99. The van der Waals surface area contributed by atoms with Gasteiger partial charge >= 0.3 is 0 Å². The van der Waals surface area contributed by atoms with Crippen LogP contribution in [0, 0.1) is 5.92 Å². The van der Waals surface area contributed by atoms with E-state index >= 15 is 0 Å². The van der Waals surface area contributed by atoms with E-state index in [2.05, 4.69) is 10.3 Å². The second kappa shape index (κ2) is 5.67. The Balaban J connectivity index is 2.53. The SMILES string of the molecule is CC(C(=O)NN)C(C)N(C)Cc1ccoc1. The molecule has 0 bridgehead atoms. The van der Waals surface area contributed by atoms with E-state index in [1.807, 2.05) is 27.0 Å². The van der Waals surface area contributed by atoms with E-state index in [1.54, 1.807) is 12.5 Å². The van der Waals surface area contributed by atoms with Crippen molar-refractivity contribution in [2.45, 2.75) is 26.4 Å². The summed E-state index contributed by atoms with van der Waals surface area (Å²) >= 11 is 0. The third kappa shape index (κ3) is 3.08. The first-order valence-corrected chi connectivity index (χ1v) is 5.28. The van der Waals surface area contributed by atoms with Gasteiger partial charge in [0.05, 0.1) is 18.4 Å². The van der Waals surface area contributed by atoms with Crippen LogP contribution in [0.15, 0.2) is 23.0 Å². The van der Waals surface area contributed by atoms with Crippen molar-refractivity contribution in [2.24, 2.45) is 11.8 Å². The molecule has 1 aromatic heterocycles. The summed E-state index contributed by atoms with van der Waals surface area (Å²) < 4.78 is 5.00. The largest absolute Gasteiger partial charge is 0.472 e. The van der Waals surface area contributed by atoms with Crippen LogP contribution in [0.1, 0.15) is 19.4 Å². The van der Waals surface area contributed by atoms with Gasteiger partial charge in [0, 0.05) is 18.2 Å². The lowest BCUT2D eigenvalue weighted by Crippen LogP contribution is -2.44. The lowest BCUT2D eigenvalue weighted by Gasteiger charge is -2.28. The number of nitrogens with two attached hydrogens (primary N) is 1. The molecular weight excluding hydrogens is 206 g/mol. The fourth-order valence-electron chi connectivity index (χ4n) is 1.55. The lowest BCUT2D eigenvalue weighted by atomic mass is 10.0. The number of hydrogen-bond acceptors (Lipinski definition) is 4. The van der Waals surface area contributed by atoms with E-state index in [9.17, 15) is 4.79 Å². The summed E-state index contributed by atoms with van der Waals surface area (Å²) in [6, 6.07) is 2.02. The summed E-state index contributed by atoms with van der Waals surface area (Å²) in [7, 11) is 1.97. The maximum Gasteiger partial charge on any atom is 0.238 e. The van der Waals surface area contributed by atoms with Crippen LogP contribution in [0.2, 0.25) is 0 Å². The molecule has 1 rings (SSSR count). The zero-order valence-electron chi connectivity index (χ0n) is 9.93. The van der Waals surface area contributed by atoms with Crippen LogP contribution in [0.3, 0.4) is 0 Å². The standard InChI is InChI=1S/C11H19N3O2/c1-8(11(15)13-12)9(2)14(3)6-10-4-5-16-7-10/h4-5,7-9H,6,12H2,1-3H3,(H,13,15). The molecule has 0 aliphatic rings. The number of nitrogens with one attached hydrogen (secondary N) is 1. The topological polar surface area (TPSA) is 71.5 Å². The number of hydrogen-bond donors (Lipinski definition) is 2. The Morgan fingerprint density at radius 2 is 2.31 bits per heavy atom. The molecule has 1 heterocycles. The van der Waals surface area contributed by atoms with Crippen molar-refractivity contribution >= 4 is 5.91 Å². The molecule has 90 valence electrons. The van der Waals surface area contributed by atoms with Gasteiger partial charge < -0.3 is 4.42 Å². The van der Waals surface area contributed by atoms with E-state index in [1.165, 1.54) is 0 Å². The number of carbonyl (C=O) groups excluding carboxylic acids is 1. The molecule has 0 saturated heterocycles. The zero-order valence-corrected chi connectivity index (χ0v) is 9.93. The molecule has 0 aromatic carbocycles. The Kier molecular flexibility index (Phi) is 4.52. The average Bonchev–Trinajstić information content (AvgIpc) is 2.78. The number of carbonyl (C=O) groups is 1. The average molecular weight is 225 g/mol. The van der Waals surface area contributed by atoms with Crippen LogP contribution in [0.5, 0.6) is 0 Å². The molecule has 2 atom stereocenters. The fourth-order valence-corrected chi connectivity index (χ4v) is 1.55.